The van der Waals surface area contributed by atoms with Crippen molar-refractivity contribution in [2.24, 2.45) is 11.8 Å². The average molecular weight is 669 g/mol. The quantitative estimate of drug-likeness (QED) is 0.0881. The first kappa shape index (κ1) is 37.8. The number of ether oxygens (including phenoxy) is 2. The highest BCUT2D eigenvalue weighted by Crippen LogP contribution is 2.38. The normalized spacial score (nSPS) is 17.2. The van der Waals surface area contributed by atoms with Crippen LogP contribution in [0.5, 0.6) is 0 Å². The van der Waals surface area contributed by atoms with Crippen molar-refractivity contribution < 1.29 is 28.6 Å². The fourth-order valence-corrected chi connectivity index (χ4v) is 6.55. The van der Waals surface area contributed by atoms with E-state index in [0.717, 1.165) is 28.2 Å². The molecule has 49 heavy (non-hydrogen) atoms. The lowest BCUT2D eigenvalue weighted by Crippen LogP contribution is -2.24. The number of aliphatic hydroxyl groups is 1. The first-order valence-corrected chi connectivity index (χ1v) is 17.9. The van der Waals surface area contributed by atoms with E-state index < -0.39 is 18.0 Å². The standard InChI is InChI=1S/C43H53FO5/c1-6-7-8-9-32-12-16-35(17-13-32)36-20-22-37(23-21-36)39-24-25-40(41(44)26-39)38-18-14-33(15-19-38)10-11-34(27-48-42(46)29(2)3)28-49-43(47)30(4)31(5)45/h14-15,18-26,31-32,34-35,45H,2,4,6-13,16-17,27-28H2,1,3,5H3. The van der Waals surface area contributed by atoms with E-state index in [2.05, 4.69) is 44.3 Å². The van der Waals surface area contributed by atoms with Crippen molar-refractivity contribution in [2.75, 3.05) is 13.2 Å². The van der Waals surface area contributed by atoms with Gasteiger partial charge in [-0.05, 0) is 98.1 Å². The van der Waals surface area contributed by atoms with Crippen LogP contribution in [0.2, 0.25) is 0 Å². The van der Waals surface area contributed by atoms with Crippen LogP contribution in [-0.2, 0) is 25.5 Å². The summed E-state index contributed by atoms with van der Waals surface area (Å²) in [5.41, 5.74) is 5.86. The molecule has 0 spiro atoms. The Labute approximate surface area is 292 Å². The van der Waals surface area contributed by atoms with Gasteiger partial charge in [0.25, 0.3) is 0 Å². The first-order chi connectivity index (χ1) is 23.5. The summed E-state index contributed by atoms with van der Waals surface area (Å²) >= 11 is 0. The van der Waals surface area contributed by atoms with Gasteiger partial charge in [-0.25, -0.2) is 14.0 Å². The summed E-state index contributed by atoms with van der Waals surface area (Å²) in [4.78, 5) is 24.2. The minimum Gasteiger partial charge on any atom is -0.462 e. The van der Waals surface area contributed by atoms with E-state index in [1.165, 1.54) is 63.9 Å². The van der Waals surface area contributed by atoms with Crippen molar-refractivity contribution in [1.82, 2.24) is 0 Å². The van der Waals surface area contributed by atoms with Crippen molar-refractivity contribution in [3.63, 3.8) is 0 Å². The van der Waals surface area contributed by atoms with Gasteiger partial charge in [0.05, 0.1) is 24.9 Å². The molecule has 5 nitrogen and oxygen atoms in total. The van der Waals surface area contributed by atoms with Crippen LogP contribution in [0.1, 0.15) is 95.6 Å². The van der Waals surface area contributed by atoms with Gasteiger partial charge in [0.15, 0.2) is 0 Å². The maximum atomic E-state index is 15.4. The summed E-state index contributed by atoms with van der Waals surface area (Å²) in [5, 5.41) is 9.61. The Morgan fingerprint density at radius 2 is 1.47 bits per heavy atom. The fraction of sp³-hybridized carbons (Fsp3) is 0.442. The van der Waals surface area contributed by atoms with Gasteiger partial charge >= 0.3 is 11.9 Å². The van der Waals surface area contributed by atoms with E-state index in [0.29, 0.717) is 24.3 Å². The topological polar surface area (TPSA) is 72.8 Å². The molecule has 2 unspecified atom stereocenters. The third-order valence-electron chi connectivity index (χ3n) is 9.87. The lowest BCUT2D eigenvalue weighted by Gasteiger charge is -2.29. The summed E-state index contributed by atoms with van der Waals surface area (Å²) in [6.07, 6.45) is 10.8. The van der Waals surface area contributed by atoms with E-state index in [4.69, 9.17) is 9.47 Å². The second-order valence-electron chi connectivity index (χ2n) is 13.8. The van der Waals surface area contributed by atoms with Gasteiger partial charge in [0.1, 0.15) is 5.82 Å². The monoisotopic (exact) mass is 668 g/mol. The molecule has 1 aliphatic rings. The minimum atomic E-state index is -1.02. The van der Waals surface area contributed by atoms with Crippen molar-refractivity contribution in [3.05, 3.63) is 108 Å². The van der Waals surface area contributed by atoms with Crippen molar-refractivity contribution >= 4 is 11.9 Å². The molecule has 2 atom stereocenters. The van der Waals surface area contributed by atoms with E-state index >= 15 is 4.39 Å². The minimum absolute atomic E-state index is 0.00656. The lowest BCUT2D eigenvalue weighted by atomic mass is 9.77. The second kappa shape index (κ2) is 18.7. The predicted octanol–water partition coefficient (Wildman–Crippen LogP) is 10.2. The summed E-state index contributed by atoms with van der Waals surface area (Å²) in [6.45, 7) is 12.5. The van der Waals surface area contributed by atoms with Crippen LogP contribution in [0.15, 0.2) is 91.0 Å². The number of hydrogen-bond donors (Lipinski definition) is 1. The number of aliphatic hydroxyl groups excluding tert-OH is 1. The Morgan fingerprint density at radius 3 is 2.06 bits per heavy atom. The third kappa shape index (κ3) is 11.3. The Balaban J connectivity index is 1.33. The van der Waals surface area contributed by atoms with Crippen molar-refractivity contribution in [3.8, 4) is 22.3 Å². The molecule has 0 bridgehead atoms. The van der Waals surface area contributed by atoms with Crippen LogP contribution in [0.3, 0.4) is 0 Å². The zero-order valence-corrected chi connectivity index (χ0v) is 29.5. The van der Waals surface area contributed by atoms with E-state index in [-0.39, 0.29) is 36.1 Å². The number of hydrogen-bond acceptors (Lipinski definition) is 5. The van der Waals surface area contributed by atoms with Gasteiger partial charge in [-0.1, -0.05) is 106 Å². The molecule has 0 aromatic heterocycles. The smallest absolute Gasteiger partial charge is 0.336 e. The number of rotatable bonds is 17. The molecule has 0 saturated heterocycles. The average Bonchev–Trinajstić information content (AvgIpc) is 3.11. The van der Waals surface area contributed by atoms with Gasteiger partial charge in [-0.3, -0.25) is 0 Å². The fourth-order valence-electron chi connectivity index (χ4n) is 6.55. The lowest BCUT2D eigenvalue weighted by molar-refractivity contribution is -0.144. The Kier molecular flexibility index (Phi) is 14.4. The molecule has 0 aliphatic heterocycles. The van der Waals surface area contributed by atoms with Gasteiger partial charge in [0, 0.05) is 17.1 Å². The van der Waals surface area contributed by atoms with Crippen molar-refractivity contribution in [1.29, 1.82) is 0 Å². The number of unbranched alkanes of at least 4 members (excludes halogenated alkanes) is 2. The Bertz CT molecular complexity index is 1550. The molecule has 0 radical (unpaired) electrons. The summed E-state index contributed by atoms with van der Waals surface area (Å²) < 4.78 is 26.1. The molecule has 6 heteroatoms. The highest BCUT2D eigenvalue weighted by atomic mass is 19.1. The summed E-state index contributed by atoms with van der Waals surface area (Å²) in [5.74, 6) is -0.221. The number of aryl methyl sites for hydroxylation is 1. The first-order valence-electron chi connectivity index (χ1n) is 17.9. The molecule has 1 aliphatic carbocycles. The Hall–Kier alpha value is -4.03. The van der Waals surface area contributed by atoms with Crippen LogP contribution in [0, 0.1) is 17.7 Å². The number of carbonyl (C=O) groups is 2. The summed E-state index contributed by atoms with van der Waals surface area (Å²) in [7, 11) is 0. The molecule has 3 aromatic rings. The Morgan fingerprint density at radius 1 is 0.857 bits per heavy atom. The highest BCUT2D eigenvalue weighted by Gasteiger charge is 2.22. The van der Waals surface area contributed by atoms with Crippen LogP contribution in [-0.4, -0.2) is 36.4 Å². The van der Waals surface area contributed by atoms with Crippen LogP contribution < -0.4 is 0 Å². The number of halogens is 1. The molecule has 3 aromatic carbocycles. The summed E-state index contributed by atoms with van der Waals surface area (Å²) in [6, 6.07) is 21.9. The number of esters is 2. The van der Waals surface area contributed by atoms with Crippen LogP contribution >= 0.6 is 0 Å². The zero-order valence-electron chi connectivity index (χ0n) is 29.5. The molecule has 1 N–H and O–H groups in total. The molecule has 0 amide bonds. The maximum Gasteiger partial charge on any atom is 0.336 e. The molecule has 262 valence electrons. The number of carbonyl (C=O) groups excluding carboxylic acids is 2. The SMILES string of the molecule is C=C(C)C(=O)OCC(CCc1ccc(-c2ccc(-c3ccc(C4CCC(CCCCC)CC4)cc3)cc2F)cc1)COC(=O)C(=C)C(C)O. The highest BCUT2D eigenvalue weighted by molar-refractivity contribution is 5.88. The van der Waals surface area contributed by atoms with Gasteiger partial charge in [-0.2, -0.15) is 0 Å². The maximum absolute atomic E-state index is 15.4. The largest absolute Gasteiger partial charge is 0.462 e. The second-order valence-corrected chi connectivity index (χ2v) is 13.8. The van der Waals surface area contributed by atoms with E-state index in [1.54, 1.807) is 13.0 Å². The molecule has 0 heterocycles. The molecule has 1 saturated carbocycles. The van der Waals surface area contributed by atoms with Gasteiger partial charge < -0.3 is 14.6 Å². The predicted molar refractivity (Wildman–Crippen MR) is 195 cm³/mol. The van der Waals surface area contributed by atoms with Crippen molar-refractivity contribution in [2.45, 2.75) is 97.0 Å². The molecule has 4 rings (SSSR count). The molecular weight excluding hydrogens is 615 g/mol. The third-order valence-corrected chi connectivity index (χ3v) is 9.87. The zero-order chi connectivity index (χ0) is 35.3. The molecule has 1 fully saturated rings. The van der Waals surface area contributed by atoms with E-state index in [9.17, 15) is 14.7 Å². The van der Waals surface area contributed by atoms with Gasteiger partial charge in [0.2, 0.25) is 0 Å². The number of benzene rings is 3. The molecular formula is C43H53FO5. The van der Waals surface area contributed by atoms with Crippen LogP contribution in [0.25, 0.3) is 22.3 Å². The van der Waals surface area contributed by atoms with Gasteiger partial charge in [-0.15, -0.1) is 0 Å². The van der Waals surface area contributed by atoms with E-state index in [1.807, 2.05) is 36.4 Å². The van der Waals surface area contributed by atoms with Crippen LogP contribution in [0.4, 0.5) is 4.39 Å².